The molecule has 1 heterocycles. The number of carbonyl (C=O) groups is 1. The molecule has 0 amide bonds. The molecule has 3 nitrogen and oxygen atoms in total. The Morgan fingerprint density at radius 1 is 0.814 bits per heavy atom. The summed E-state index contributed by atoms with van der Waals surface area (Å²) in [6.07, 6.45) is 6.80. The molecule has 0 unspecified atom stereocenters. The number of fused-ring (bicyclic) bond motifs is 3. The van der Waals surface area contributed by atoms with Crippen LogP contribution in [0.3, 0.4) is 0 Å². The number of allylic oxidation sites excluding steroid dienone is 2. The number of ketones is 1. The van der Waals surface area contributed by atoms with Crippen LogP contribution in [0.2, 0.25) is 0 Å². The minimum absolute atomic E-state index is 0. The van der Waals surface area contributed by atoms with Crippen molar-refractivity contribution in [3.8, 4) is 22.4 Å². The molecule has 0 aliphatic heterocycles. The van der Waals surface area contributed by atoms with Crippen molar-refractivity contribution in [2.24, 2.45) is 11.8 Å². The van der Waals surface area contributed by atoms with E-state index in [-0.39, 0.29) is 43.5 Å². The molecule has 5 rings (SSSR count). The van der Waals surface area contributed by atoms with Gasteiger partial charge in [-0.1, -0.05) is 106 Å². The molecule has 0 saturated heterocycles. The number of benzene rings is 4. The molecule has 4 heteroatoms. The molecule has 0 spiro atoms. The van der Waals surface area contributed by atoms with Crippen LogP contribution in [0.25, 0.3) is 43.9 Å². The molecule has 43 heavy (non-hydrogen) atoms. The van der Waals surface area contributed by atoms with E-state index in [1.54, 1.807) is 0 Å². The van der Waals surface area contributed by atoms with Gasteiger partial charge in [0.15, 0.2) is 5.78 Å². The monoisotopic (exact) mass is 749 g/mol. The zero-order valence-electron chi connectivity index (χ0n) is 25.9. The Balaban J connectivity index is 0.000000274. The van der Waals surface area contributed by atoms with Crippen LogP contribution in [0.15, 0.2) is 103 Å². The first kappa shape index (κ1) is 33.9. The first-order chi connectivity index (χ1) is 20.4. The molecular weight excluding hydrogens is 707 g/mol. The predicted octanol–water partition coefficient (Wildman–Crippen LogP) is 10.7. The van der Waals surface area contributed by atoms with Gasteiger partial charge in [0.1, 0.15) is 0 Å². The molecule has 0 saturated carbocycles. The number of hydrogen-bond donors (Lipinski definition) is 1. The summed E-state index contributed by atoms with van der Waals surface area (Å²) >= 11 is 0. The number of pyridine rings is 1. The van der Waals surface area contributed by atoms with Gasteiger partial charge in [0.25, 0.3) is 0 Å². The molecule has 5 aromatic rings. The zero-order chi connectivity index (χ0) is 30.1. The molecule has 0 bridgehead atoms. The molecule has 0 aliphatic carbocycles. The number of hydrogen-bond acceptors (Lipinski definition) is 3. The van der Waals surface area contributed by atoms with E-state index in [1.165, 1.54) is 38.7 Å². The molecular formula is C39H42IrNO2-. The van der Waals surface area contributed by atoms with Crippen LogP contribution in [-0.4, -0.2) is 15.9 Å². The van der Waals surface area contributed by atoms with Gasteiger partial charge in [-0.3, -0.25) is 4.79 Å². The Hall–Kier alpha value is -3.59. The molecule has 1 aromatic heterocycles. The summed E-state index contributed by atoms with van der Waals surface area (Å²) in [6, 6.07) is 33.4. The van der Waals surface area contributed by atoms with Crippen LogP contribution < -0.4 is 0 Å². The second-order valence-electron chi connectivity index (χ2n) is 10.9. The van der Waals surface area contributed by atoms with Crippen molar-refractivity contribution in [1.29, 1.82) is 0 Å². The topological polar surface area (TPSA) is 50.2 Å². The van der Waals surface area contributed by atoms with E-state index in [9.17, 15) is 9.90 Å². The van der Waals surface area contributed by atoms with Gasteiger partial charge in [0.05, 0.1) is 5.76 Å². The number of aryl methyl sites for hydroxylation is 1. The number of carbonyl (C=O) groups excluding carboxylic acids is 1. The summed E-state index contributed by atoms with van der Waals surface area (Å²) in [5.41, 5.74) is 5.55. The van der Waals surface area contributed by atoms with E-state index in [4.69, 9.17) is 0 Å². The molecule has 0 atom stereocenters. The van der Waals surface area contributed by atoms with E-state index in [2.05, 4.69) is 96.8 Å². The number of aromatic nitrogens is 1. The Morgan fingerprint density at radius 2 is 1.44 bits per heavy atom. The fourth-order valence-electron chi connectivity index (χ4n) is 5.45. The fourth-order valence-corrected chi connectivity index (χ4v) is 5.45. The van der Waals surface area contributed by atoms with Crippen molar-refractivity contribution in [1.82, 2.24) is 4.98 Å². The number of aliphatic hydroxyl groups is 1. The van der Waals surface area contributed by atoms with Gasteiger partial charge >= 0.3 is 0 Å². The maximum Gasteiger partial charge on any atom is 0.162 e. The van der Waals surface area contributed by atoms with Crippen LogP contribution >= 0.6 is 0 Å². The van der Waals surface area contributed by atoms with Crippen LogP contribution in [0.5, 0.6) is 0 Å². The van der Waals surface area contributed by atoms with Gasteiger partial charge in [0.2, 0.25) is 0 Å². The Bertz CT molecular complexity index is 1650. The fraction of sp³-hybridized carbons (Fsp3) is 0.282. The third-order valence-corrected chi connectivity index (χ3v) is 8.16. The third kappa shape index (κ3) is 8.28. The van der Waals surface area contributed by atoms with Gasteiger partial charge in [-0.15, -0.1) is 29.8 Å². The van der Waals surface area contributed by atoms with Crippen LogP contribution in [0.1, 0.15) is 58.9 Å². The molecule has 1 N–H and O–H groups in total. The summed E-state index contributed by atoms with van der Waals surface area (Å²) in [5, 5.41) is 14.9. The van der Waals surface area contributed by atoms with Gasteiger partial charge in [0, 0.05) is 44.2 Å². The Kier molecular flexibility index (Phi) is 12.9. The van der Waals surface area contributed by atoms with Crippen LogP contribution in [-0.2, 0) is 24.9 Å². The summed E-state index contributed by atoms with van der Waals surface area (Å²) in [4.78, 5) is 16.2. The number of nitrogens with zero attached hydrogens (tertiary/aromatic N) is 1. The Labute approximate surface area is 270 Å². The first-order valence-electron chi connectivity index (χ1n) is 15.2. The van der Waals surface area contributed by atoms with Crippen molar-refractivity contribution < 1.29 is 30.0 Å². The number of rotatable bonds is 9. The van der Waals surface area contributed by atoms with E-state index >= 15 is 0 Å². The van der Waals surface area contributed by atoms with E-state index in [1.807, 2.05) is 40.0 Å². The largest absolute Gasteiger partial charge is 0.512 e. The minimum Gasteiger partial charge on any atom is -0.512 e. The van der Waals surface area contributed by atoms with Crippen molar-refractivity contribution in [2.45, 2.75) is 60.3 Å². The van der Waals surface area contributed by atoms with E-state index < -0.39 is 0 Å². The molecule has 0 fully saturated rings. The summed E-state index contributed by atoms with van der Waals surface area (Å²) in [5.74, 6) is 0.547. The maximum absolute atomic E-state index is 11.7. The Morgan fingerprint density at radius 3 is 2.02 bits per heavy atom. The summed E-state index contributed by atoms with van der Waals surface area (Å²) in [6.45, 7) is 10.1. The second-order valence-corrected chi connectivity index (χ2v) is 10.9. The molecule has 0 aliphatic rings. The van der Waals surface area contributed by atoms with Crippen LogP contribution in [0, 0.1) is 24.8 Å². The zero-order valence-corrected chi connectivity index (χ0v) is 28.3. The van der Waals surface area contributed by atoms with Crippen LogP contribution in [0.4, 0.5) is 0 Å². The normalized spacial score (nSPS) is 11.4. The van der Waals surface area contributed by atoms with Gasteiger partial charge in [-0.05, 0) is 65.4 Å². The van der Waals surface area contributed by atoms with Crippen molar-refractivity contribution >= 4 is 27.3 Å². The minimum atomic E-state index is 0. The SMILES string of the molecule is CCC(CC)C(=O)/C=C(\O)C(CC)CC.Cc1ccc(-c2[c-]cc(-c3cc4ccccc4c4ccccc34)cc2)nc1.[Ir]. The smallest absolute Gasteiger partial charge is 0.162 e. The number of aliphatic hydroxyl groups excluding tert-OH is 1. The maximum atomic E-state index is 11.7. The molecule has 1 radical (unpaired) electrons. The first-order valence-corrected chi connectivity index (χ1v) is 15.2. The van der Waals surface area contributed by atoms with Crippen molar-refractivity contribution in [2.75, 3.05) is 0 Å². The molecule has 4 aromatic carbocycles. The standard InChI is InChI=1S/C26H18N.C13H24O2.Ir/c1-18-10-15-26(27-17-18)20-13-11-19(12-14-20)25-16-21-6-2-3-7-22(21)23-8-4-5-9-24(23)25;1-5-10(6-2)12(14)9-13(15)11(7-3)8-4;/h2-13,15-17H,1H3;9-11,14H,5-8H2,1-4H3;/q-1;;/b;12-9-;. The average molecular weight is 749 g/mol. The van der Waals surface area contributed by atoms with Crippen molar-refractivity contribution in [3.63, 3.8) is 0 Å². The molecule has 225 valence electrons. The average Bonchev–Trinajstić information content (AvgIpc) is 3.02. The summed E-state index contributed by atoms with van der Waals surface area (Å²) < 4.78 is 0. The van der Waals surface area contributed by atoms with Gasteiger partial charge in [-0.25, -0.2) is 0 Å². The third-order valence-electron chi connectivity index (χ3n) is 8.16. The van der Waals surface area contributed by atoms with Crippen molar-refractivity contribution in [3.05, 3.63) is 115 Å². The summed E-state index contributed by atoms with van der Waals surface area (Å²) in [7, 11) is 0. The van der Waals surface area contributed by atoms with Gasteiger partial charge < -0.3 is 10.1 Å². The quantitative estimate of drug-likeness (QED) is 0.0707. The van der Waals surface area contributed by atoms with E-state index in [0.29, 0.717) is 0 Å². The second kappa shape index (κ2) is 16.3. The van der Waals surface area contributed by atoms with E-state index in [0.717, 1.165) is 42.5 Å². The van der Waals surface area contributed by atoms with Gasteiger partial charge in [-0.2, -0.15) is 0 Å². The predicted molar refractivity (Wildman–Crippen MR) is 178 cm³/mol.